The first kappa shape index (κ1) is 17.8. The van der Waals surface area contributed by atoms with Gasteiger partial charge in [0.15, 0.2) is 0 Å². The van der Waals surface area contributed by atoms with Gasteiger partial charge in [-0.3, -0.25) is 4.79 Å². The van der Waals surface area contributed by atoms with E-state index in [1.165, 1.54) is 13.3 Å². The quantitative estimate of drug-likeness (QED) is 0.651. The van der Waals surface area contributed by atoms with Crippen LogP contribution in [-0.4, -0.2) is 19.6 Å². The summed E-state index contributed by atoms with van der Waals surface area (Å²) in [5.41, 5.74) is 2.70. The van der Waals surface area contributed by atoms with Crippen LogP contribution >= 0.6 is 11.6 Å². The number of anilines is 2. The number of hydrogen-bond donors (Lipinski definition) is 1. The van der Waals surface area contributed by atoms with Gasteiger partial charge in [-0.25, -0.2) is 0 Å². The van der Waals surface area contributed by atoms with E-state index in [2.05, 4.69) is 5.32 Å². The zero-order chi connectivity index (χ0) is 18.5. The molecule has 2 aromatic rings. The van der Waals surface area contributed by atoms with Crippen LogP contribution in [0, 0.1) is 11.3 Å². The molecule has 2 aromatic carbocycles. The lowest BCUT2D eigenvalue weighted by Gasteiger charge is -2.29. The Morgan fingerprint density at radius 1 is 1.35 bits per heavy atom. The van der Waals surface area contributed by atoms with Gasteiger partial charge in [0.2, 0.25) is 0 Å². The van der Waals surface area contributed by atoms with Crippen molar-refractivity contribution in [1.82, 2.24) is 0 Å². The molecule has 1 amide bonds. The number of carbonyl (C=O) groups excluding carboxylic acids is 1. The number of nitrogens with zero attached hydrogens (tertiary/aromatic N) is 2. The Balaban J connectivity index is 1.81. The molecular formula is C20H18ClN3O2. The topological polar surface area (TPSA) is 65.4 Å². The molecule has 0 aliphatic carbocycles. The maximum Gasteiger partial charge on any atom is 0.270 e. The summed E-state index contributed by atoms with van der Waals surface area (Å²) in [7, 11) is 1.54. The highest BCUT2D eigenvalue weighted by atomic mass is 35.5. The lowest BCUT2D eigenvalue weighted by molar-refractivity contribution is -0.114. The first-order chi connectivity index (χ1) is 12.6. The second-order valence-electron chi connectivity index (χ2n) is 5.85. The average Bonchev–Trinajstić information content (AvgIpc) is 2.68. The number of ether oxygens (including phenoxy) is 1. The molecule has 26 heavy (non-hydrogen) atoms. The van der Waals surface area contributed by atoms with Crippen LogP contribution in [0.4, 0.5) is 11.4 Å². The number of benzene rings is 2. The number of nitriles is 1. The van der Waals surface area contributed by atoms with Gasteiger partial charge in [-0.15, -0.1) is 0 Å². The molecule has 3 rings (SSSR count). The highest BCUT2D eigenvalue weighted by molar-refractivity contribution is 6.32. The van der Waals surface area contributed by atoms with Gasteiger partial charge in [0.05, 0.1) is 12.1 Å². The molecular weight excluding hydrogens is 350 g/mol. The fraction of sp³-hybridized carbons (Fsp3) is 0.200. The minimum atomic E-state index is -0.313. The smallest absolute Gasteiger partial charge is 0.270 e. The van der Waals surface area contributed by atoms with E-state index in [9.17, 15) is 10.1 Å². The second kappa shape index (κ2) is 7.94. The summed E-state index contributed by atoms with van der Waals surface area (Å²) in [6, 6.07) is 14.9. The summed E-state index contributed by atoms with van der Waals surface area (Å²) < 4.78 is 5.11. The van der Waals surface area contributed by atoms with E-state index in [0.717, 1.165) is 24.1 Å². The van der Waals surface area contributed by atoms with Crippen LogP contribution in [-0.2, 0) is 11.2 Å². The number of nitrogens with one attached hydrogen (secondary N) is 1. The Bertz CT molecular complexity index is 902. The van der Waals surface area contributed by atoms with Crippen molar-refractivity contribution in [3.63, 3.8) is 0 Å². The monoisotopic (exact) mass is 367 g/mol. The van der Waals surface area contributed by atoms with Gasteiger partial charge in [-0.2, -0.15) is 5.26 Å². The van der Waals surface area contributed by atoms with Gasteiger partial charge in [-0.05, 0) is 42.7 Å². The lowest BCUT2D eigenvalue weighted by atomic mass is 10.0. The molecule has 6 heteroatoms. The predicted octanol–water partition coefficient (Wildman–Crippen LogP) is 4.15. The Hall–Kier alpha value is -2.97. The molecule has 1 aliphatic rings. The Kier molecular flexibility index (Phi) is 5.45. The van der Waals surface area contributed by atoms with Crippen LogP contribution in [0.1, 0.15) is 12.0 Å². The van der Waals surface area contributed by atoms with Gasteiger partial charge in [0.25, 0.3) is 5.91 Å². The van der Waals surface area contributed by atoms with Crippen molar-refractivity contribution >= 4 is 28.9 Å². The summed E-state index contributed by atoms with van der Waals surface area (Å²) in [5.74, 6) is 0.245. The van der Waals surface area contributed by atoms with E-state index >= 15 is 0 Å². The van der Waals surface area contributed by atoms with Crippen LogP contribution in [0.5, 0.6) is 5.75 Å². The molecule has 5 nitrogen and oxygen atoms in total. The zero-order valence-corrected chi connectivity index (χ0v) is 15.1. The molecule has 0 aromatic heterocycles. The highest BCUT2D eigenvalue weighted by Gasteiger charge is 2.24. The molecule has 0 saturated carbocycles. The van der Waals surface area contributed by atoms with Crippen LogP contribution in [0.3, 0.4) is 0 Å². The van der Waals surface area contributed by atoms with Gasteiger partial charge >= 0.3 is 0 Å². The van der Waals surface area contributed by atoms with Crippen molar-refractivity contribution in [2.24, 2.45) is 0 Å². The standard InChI is InChI=1S/C20H18ClN3O2/c1-26-19-9-8-16(11-17(19)21)23-13-15(12-22)20(25)24-10-4-6-14-5-2-3-7-18(14)24/h2-3,5,7-9,11,13,23H,4,6,10H2,1H3/b15-13-. The Morgan fingerprint density at radius 2 is 2.15 bits per heavy atom. The molecule has 0 radical (unpaired) electrons. The van der Waals surface area contributed by atoms with Crippen molar-refractivity contribution < 1.29 is 9.53 Å². The third-order valence-electron chi connectivity index (χ3n) is 4.24. The van der Waals surface area contributed by atoms with Crippen molar-refractivity contribution in [1.29, 1.82) is 5.26 Å². The van der Waals surface area contributed by atoms with E-state index in [1.54, 1.807) is 23.1 Å². The van der Waals surface area contributed by atoms with Crippen LogP contribution in [0.2, 0.25) is 5.02 Å². The van der Waals surface area contributed by atoms with E-state index in [0.29, 0.717) is 23.0 Å². The van der Waals surface area contributed by atoms with Crippen molar-refractivity contribution in [2.45, 2.75) is 12.8 Å². The van der Waals surface area contributed by atoms with E-state index in [4.69, 9.17) is 16.3 Å². The van der Waals surface area contributed by atoms with Gasteiger partial charge < -0.3 is 15.0 Å². The zero-order valence-electron chi connectivity index (χ0n) is 14.3. The van der Waals surface area contributed by atoms with Crippen molar-refractivity contribution in [3.8, 4) is 11.8 Å². The van der Waals surface area contributed by atoms with E-state index in [-0.39, 0.29) is 11.5 Å². The fourth-order valence-electron chi connectivity index (χ4n) is 2.94. The SMILES string of the molecule is COc1ccc(N/C=C(/C#N)C(=O)N2CCCc3ccccc32)cc1Cl. The van der Waals surface area contributed by atoms with Crippen molar-refractivity contribution in [2.75, 3.05) is 23.9 Å². The molecule has 0 atom stereocenters. The second-order valence-corrected chi connectivity index (χ2v) is 6.26. The Morgan fingerprint density at radius 3 is 2.88 bits per heavy atom. The van der Waals surface area contributed by atoms with E-state index in [1.807, 2.05) is 30.3 Å². The Labute approximate surface area is 157 Å². The summed E-state index contributed by atoms with van der Waals surface area (Å²) in [6.45, 7) is 0.600. The molecule has 0 spiro atoms. The molecule has 0 unspecified atom stereocenters. The molecule has 0 saturated heterocycles. The molecule has 1 heterocycles. The number of amides is 1. The van der Waals surface area contributed by atoms with Crippen molar-refractivity contribution in [3.05, 3.63) is 64.8 Å². The van der Waals surface area contributed by atoms with E-state index < -0.39 is 0 Å². The third-order valence-corrected chi connectivity index (χ3v) is 4.54. The molecule has 0 bridgehead atoms. The third kappa shape index (κ3) is 3.66. The number of halogens is 1. The highest BCUT2D eigenvalue weighted by Crippen LogP contribution is 2.29. The van der Waals surface area contributed by atoms with Gasteiger partial charge in [-0.1, -0.05) is 29.8 Å². The number of carbonyl (C=O) groups is 1. The predicted molar refractivity (Wildman–Crippen MR) is 102 cm³/mol. The van der Waals surface area contributed by atoms with Crippen LogP contribution in [0.15, 0.2) is 54.2 Å². The first-order valence-corrected chi connectivity index (χ1v) is 8.62. The fourth-order valence-corrected chi connectivity index (χ4v) is 3.20. The maximum absolute atomic E-state index is 12.8. The normalized spacial score (nSPS) is 13.6. The lowest BCUT2D eigenvalue weighted by Crippen LogP contribution is -2.36. The number of fused-ring (bicyclic) bond motifs is 1. The van der Waals surface area contributed by atoms with Crippen LogP contribution in [0.25, 0.3) is 0 Å². The molecule has 1 aliphatic heterocycles. The largest absolute Gasteiger partial charge is 0.495 e. The number of aryl methyl sites for hydroxylation is 1. The maximum atomic E-state index is 12.8. The summed E-state index contributed by atoms with van der Waals surface area (Å²) in [6.07, 6.45) is 3.23. The number of hydrogen-bond acceptors (Lipinski definition) is 4. The summed E-state index contributed by atoms with van der Waals surface area (Å²) in [5, 5.41) is 12.8. The first-order valence-electron chi connectivity index (χ1n) is 8.24. The molecule has 1 N–H and O–H groups in total. The van der Waals surface area contributed by atoms with Gasteiger partial charge in [0, 0.05) is 24.1 Å². The number of methoxy groups -OCH3 is 1. The average molecular weight is 368 g/mol. The van der Waals surface area contributed by atoms with Gasteiger partial charge in [0.1, 0.15) is 17.4 Å². The number of para-hydroxylation sites is 1. The molecule has 0 fully saturated rings. The summed E-state index contributed by atoms with van der Waals surface area (Å²) >= 11 is 6.09. The van der Waals surface area contributed by atoms with Crippen LogP contribution < -0.4 is 15.0 Å². The minimum absolute atomic E-state index is 0.0358. The number of rotatable bonds is 4. The summed E-state index contributed by atoms with van der Waals surface area (Å²) in [4.78, 5) is 14.5. The minimum Gasteiger partial charge on any atom is -0.495 e. The molecule has 132 valence electrons.